The number of nitrogens with one attached hydrogen (secondary N) is 1. The lowest BCUT2D eigenvalue weighted by Crippen LogP contribution is -2.45. The molecule has 0 amide bonds. The van der Waals surface area contributed by atoms with Crippen molar-refractivity contribution in [2.24, 2.45) is 0 Å². The van der Waals surface area contributed by atoms with E-state index in [9.17, 15) is 14.6 Å². The molecule has 17 heavy (non-hydrogen) atoms. The van der Waals surface area contributed by atoms with Gasteiger partial charge in [-0.15, -0.1) is 0 Å². The van der Waals surface area contributed by atoms with Crippen LogP contribution < -0.4 is 5.32 Å². The molecule has 1 heterocycles. The molecule has 0 spiro atoms. The third-order valence-electron chi connectivity index (χ3n) is 2.86. The molecule has 7 heteroatoms. The van der Waals surface area contributed by atoms with Crippen molar-refractivity contribution < 1.29 is 14.6 Å². The first-order valence-corrected chi connectivity index (χ1v) is 5.76. The van der Waals surface area contributed by atoms with Crippen LogP contribution in [0.5, 0.6) is 0 Å². The SMILES string of the molecule is O[C@@H]1[C@H](O)CCC[C@@H]1Nc1nc(Cl)ncc1F. The topological polar surface area (TPSA) is 78.3 Å². The molecular formula is C10H13ClFN3O2. The zero-order valence-electron chi connectivity index (χ0n) is 8.98. The molecule has 0 saturated heterocycles. The summed E-state index contributed by atoms with van der Waals surface area (Å²) in [5.74, 6) is -0.690. The molecule has 2 rings (SSSR count). The van der Waals surface area contributed by atoms with Gasteiger partial charge in [-0.1, -0.05) is 0 Å². The molecule has 0 bridgehead atoms. The van der Waals surface area contributed by atoms with Gasteiger partial charge < -0.3 is 15.5 Å². The van der Waals surface area contributed by atoms with Crippen molar-refractivity contribution in [3.8, 4) is 0 Å². The van der Waals surface area contributed by atoms with Gasteiger partial charge in [0.15, 0.2) is 11.6 Å². The summed E-state index contributed by atoms with van der Waals surface area (Å²) in [4.78, 5) is 7.20. The zero-order valence-corrected chi connectivity index (χ0v) is 9.73. The molecular weight excluding hydrogens is 249 g/mol. The normalized spacial score (nSPS) is 29.1. The molecule has 3 N–H and O–H groups in total. The van der Waals surface area contributed by atoms with E-state index in [2.05, 4.69) is 15.3 Å². The van der Waals surface area contributed by atoms with Crippen LogP contribution in [0.3, 0.4) is 0 Å². The highest BCUT2D eigenvalue weighted by Gasteiger charge is 2.31. The smallest absolute Gasteiger partial charge is 0.224 e. The fraction of sp³-hybridized carbons (Fsp3) is 0.600. The van der Waals surface area contributed by atoms with Crippen LogP contribution in [0.25, 0.3) is 0 Å². The maximum atomic E-state index is 13.4. The lowest BCUT2D eigenvalue weighted by molar-refractivity contribution is -0.0162. The van der Waals surface area contributed by atoms with E-state index < -0.39 is 24.1 Å². The number of aliphatic hydroxyl groups is 2. The Morgan fingerprint density at radius 1 is 1.41 bits per heavy atom. The molecule has 1 aromatic heterocycles. The Balaban J connectivity index is 2.11. The first kappa shape index (κ1) is 12.5. The van der Waals surface area contributed by atoms with Crippen molar-refractivity contribution >= 4 is 17.4 Å². The van der Waals surface area contributed by atoms with Crippen LogP contribution >= 0.6 is 11.6 Å². The monoisotopic (exact) mass is 261 g/mol. The van der Waals surface area contributed by atoms with E-state index in [4.69, 9.17) is 11.6 Å². The van der Waals surface area contributed by atoms with Crippen LogP contribution in [-0.2, 0) is 0 Å². The summed E-state index contributed by atoms with van der Waals surface area (Å²) in [6.45, 7) is 0. The number of nitrogens with zero attached hydrogens (tertiary/aromatic N) is 2. The van der Waals surface area contributed by atoms with E-state index in [0.29, 0.717) is 12.8 Å². The number of aromatic nitrogens is 2. The first-order chi connectivity index (χ1) is 8.08. The minimum atomic E-state index is -0.933. The van der Waals surface area contributed by atoms with Crippen molar-refractivity contribution in [3.63, 3.8) is 0 Å². The van der Waals surface area contributed by atoms with Gasteiger partial charge in [0, 0.05) is 0 Å². The van der Waals surface area contributed by atoms with Gasteiger partial charge >= 0.3 is 0 Å². The van der Waals surface area contributed by atoms with Gasteiger partial charge in [0.05, 0.1) is 24.4 Å². The summed E-state index contributed by atoms with van der Waals surface area (Å²) in [6.07, 6.45) is 1.18. The molecule has 1 aliphatic carbocycles. The number of halogens is 2. The van der Waals surface area contributed by atoms with Crippen LogP contribution in [0, 0.1) is 5.82 Å². The third-order valence-corrected chi connectivity index (χ3v) is 3.04. The number of hydrogen-bond acceptors (Lipinski definition) is 5. The number of anilines is 1. The highest BCUT2D eigenvalue weighted by Crippen LogP contribution is 2.23. The van der Waals surface area contributed by atoms with E-state index in [0.717, 1.165) is 12.6 Å². The van der Waals surface area contributed by atoms with Crippen molar-refractivity contribution in [1.29, 1.82) is 0 Å². The van der Waals surface area contributed by atoms with E-state index in [-0.39, 0.29) is 11.1 Å². The summed E-state index contributed by atoms with van der Waals surface area (Å²) >= 11 is 5.56. The maximum absolute atomic E-state index is 13.4. The van der Waals surface area contributed by atoms with Gasteiger partial charge in [-0.3, -0.25) is 0 Å². The molecule has 0 unspecified atom stereocenters. The Hall–Kier alpha value is -0.980. The van der Waals surface area contributed by atoms with Crippen LogP contribution in [-0.4, -0.2) is 38.4 Å². The fourth-order valence-electron chi connectivity index (χ4n) is 1.94. The van der Waals surface area contributed by atoms with Gasteiger partial charge in [-0.2, -0.15) is 4.98 Å². The molecule has 94 valence electrons. The molecule has 0 aromatic carbocycles. The molecule has 1 aliphatic rings. The predicted octanol–water partition coefficient (Wildman–Crippen LogP) is 0.955. The second-order valence-corrected chi connectivity index (χ2v) is 4.41. The lowest BCUT2D eigenvalue weighted by atomic mass is 9.90. The van der Waals surface area contributed by atoms with Crippen molar-refractivity contribution in [2.45, 2.75) is 37.5 Å². The third kappa shape index (κ3) is 2.83. The Labute approximate surface area is 103 Å². The molecule has 1 aromatic rings. The zero-order chi connectivity index (χ0) is 12.4. The number of aliphatic hydroxyl groups excluding tert-OH is 2. The molecule has 3 atom stereocenters. The van der Waals surface area contributed by atoms with E-state index in [1.165, 1.54) is 0 Å². The van der Waals surface area contributed by atoms with Crippen molar-refractivity contribution in [2.75, 3.05) is 5.32 Å². The second kappa shape index (κ2) is 5.12. The van der Waals surface area contributed by atoms with Gasteiger partial charge in [-0.25, -0.2) is 9.37 Å². The summed E-state index contributed by atoms with van der Waals surface area (Å²) in [5, 5.41) is 21.9. The lowest BCUT2D eigenvalue weighted by Gasteiger charge is -2.32. The Morgan fingerprint density at radius 3 is 2.94 bits per heavy atom. The average Bonchev–Trinajstić information content (AvgIpc) is 2.30. The summed E-state index contributed by atoms with van der Waals surface area (Å²) < 4.78 is 13.4. The maximum Gasteiger partial charge on any atom is 0.224 e. The molecule has 1 saturated carbocycles. The van der Waals surface area contributed by atoms with Gasteiger partial charge in [0.25, 0.3) is 0 Å². The second-order valence-electron chi connectivity index (χ2n) is 4.08. The summed E-state index contributed by atoms with van der Waals surface area (Å²) in [6, 6.07) is -0.431. The van der Waals surface area contributed by atoms with Gasteiger partial charge in [0.2, 0.25) is 5.28 Å². The highest BCUT2D eigenvalue weighted by molar-refractivity contribution is 6.28. The van der Waals surface area contributed by atoms with Gasteiger partial charge in [-0.05, 0) is 30.9 Å². The fourth-order valence-corrected chi connectivity index (χ4v) is 2.07. The Kier molecular flexibility index (Phi) is 3.76. The molecule has 1 fully saturated rings. The average molecular weight is 262 g/mol. The number of rotatable bonds is 2. The Bertz CT molecular complexity index is 407. The van der Waals surface area contributed by atoms with E-state index in [1.54, 1.807) is 0 Å². The molecule has 0 aliphatic heterocycles. The van der Waals surface area contributed by atoms with Crippen LogP contribution in [0.15, 0.2) is 6.20 Å². The highest BCUT2D eigenvalue weighted by atomic mass is 35.5. The number of hydrogen-bond donors (Lipinski definition) is 3. The first-order valence-electron chi connectivity index (χ1n) is 5.38. The van der Waals surface area contributed by atoms with E-state index >= 15 is 0 Å². The van der Waals surface area contributed by atoms with Crippen LogP contribution in [0.2, 0.25) is 5.28 Å². The summed E-state index contributed by atoms with van der Waals surface area (Å²) in [7, 11) is 0. The standard InChI is InChI=1S/C10H13ClFN3O2/c11-10-13-4-5(12)9(15-10)14-6-2-1-3-7(16)8(6)17/h4,6-8,16-17H,1-3H2,(H,13,14,15)/t6-,7+,8-/m0/s1. The Morgan fingerprint density at radius 2 is 2.18 bits per heavy atom. The summed E-state index contributed by atoms with van der Waals surface area (Å²) in [5.41, 5.74) is 0. The van der Waals surface area contributed by atoms with Crippen LogP contribution in [0.1, 0.15) is 19.3 Å². The molecule has 5 nitrogen and oxygen atoms in total. The minimum absolute atomic E-state index is 0.0526. The van der Waals surface area contributed by atoms with E-state index in [1.807, 2.05) is 0 Å². The van der Waals surface area contributed by atoms with Gasteiger partial charge in [0.1, 0.15) is 0 Å². The molecule has 0 radical (unpaired) electrons. The minimum Gasteiger partial charge on any atom is -0.390 e. The quantitative estimate of drug-likeness (QED) is 0.691. The van der Waals surface area contributed by atoms with Crippen molar-refractivity contribution in [3.05, 3.63) is 17.3 Å². The van der Waals surface area contributed by atoms with Crippen LogP contribution in [0.4, 0.5) is 10.2 Å². The largest absolute Gasteiger partial charge is 0.390 e. The van der Waals surface area contributed by atoms with Crippen molar-refractivity contribution in [1.82, 2.24) is 9.97 Å². The predicted molar refractivity (Wildman–Crippen MR) is 60.3 cm³/mol.